The third kappa shape index (κ3) is 6.99. The molecule has 0 aromatic carbocycles. The van der Waals surface area contributed by atoms with Gasteiger partial charge in [0.15, 0.2) is 5.79 Å². The predicted octanol–water partition coefficient (Wildman–Crippen LogP) is 4.95. The Bertz CT molecular complexity index is 292. The Balaban J connectivity index is 2.71. The van der Waals surface area contributed by atoms with Gasteiger partial charge >= 0.3 is 0 Å². The second-order valence-corrected chi connectivity index (χ2v) is 7.00. The molecule has 24 heavy (non-hydrogen) atoms. The Morgan fingerprint density at radius 2 is 1.62 bits per heavy atom. The van der Waals surface area contributed by atoms with E-state index in [9.17, 15) is 0 Å². The number of ether oxygens (including phenoxy) is 4. The summed E-state index contributed by atoms with van der Waals surface area (Å²) in [7, 11) is 3.52. The fraction of sp³-hybridized carbons (Fsp3) is 1.00. The SMILES string of the molecule is CCCCCCCC(OCC1CO1)C(CCC)C(CC)(OC)OC. The fourth-order valence-electron chi connectivity index (χ4n) is 3.68. The molecule has 1 heterocycles. The van der Waals surface area contributed by atoms with E-state index in [-0.39, 0.29) is 12.0 Å². The summed E-state index contributed by atoms with van der Waals surface area (Å²) < 4.78 is 23.4. The van der Waals surface area contributed by atoms with Gasteiger partial charge in [0, 0.05) is 20.1 Å². The maximum atomic E-state index is 6.31. The quantitative estimate of drug-likeness (QED) is 0.226. The summed E-state index contributed by atoms with van der Waals surface area (Å²) in [6.07, 6.45) is 11.0. The summed E-state index contributed by atoms with van der Waals surface area (Å²) in [5.74, 6) is -0.290. The van der Waals surface area contributed by atoms with Crippen molar-refractivity contribution in [3.63, 3.8) is 0 Å². The molecule has 144 valence electrons. The monoisotopic (exact) mass is 344 g/mol. The molecule has 1 rings (SSSR count). The Morgan fingerprint density at radius 3 is 2.12 bits per heavy atom. The molecule has 1 aliphatic rings. The lowest BCUT2D eigenvalue weighted by Crippen LogP contribution is -2.48. The van der Waals surface area contributed by atoms with Crippen LogP contribution in [-0.4, -0.2) is 45.4 Å². The van der Waals surface area contributed by atoms with Crippen molar-refractivity contribution in [2.75, 3.05) is 27.4 Å². The van der Waals surface area contributed by atoms with E-state index in [2.05, 4.69) is 20.8 Å². The zero-order valence-electron chi connectivity index (χ0n) is 16.6. The summed E-state index contributed by atoms with van der Waals surface area (Å²) >= 11 is 0. The van der Waals surface area contributed by atoms with Gasteiger partial charge in [0.1, 0.15) is 6.10 Å². The molecule has 0 amide bonds. The molecule has 0 bridgehead atoms. The van der Waals surface area contributed by atoms with E-state index in [0.717, 1.165) is 32.3 Å². The lowest BCUT2D eigenvalue weighted by atomic mass is 9.84. The van der Waals surface area contributed by atoms with Gasteiger partial charge in [-0.3, -0.25) is 0 Å². The molecule has 0 spiro atoms. The standard InChI is InChI=1S/C20H40O4/c1-6-9-10-11-12-14-19(24-16-17-15-23-17)18(13-7-2)20(8-3,21-4)22-5/h17-19H,6-16H2,1-5H3. The van der Waals surface area contributed by atoms with Crippen LogP contribution in [0.25, 0.3) is 0 Å². The largest absolute Gasteiger partial charge is 0.375 e. The molecule has 1 fully saturated rings. The minimum Gasteiger partial charge on any atom is -0.375 e. The highest BCUT2D eigenvalue weighted by atomic mass is 16.7. The molecule has 0 saturated carbocycles. The molecule has 1 saturated heterocycles. The first-order valence-corrected chi connectivity index (χ1v) is 10.0. The smallest absolute Gasteiger partial charge is 0.172 e. The number of hydrogen-bond donors (Lipinski definition) is 0. The Kier molecular flexibility index (Phi) is 11.2. The first-order chi connectivity index (χ1) is 11.7. The van der Waals surface area contributed by atoms with E-state index in [0.29, 0.717) is 12.7 Å². The highest BCUT2D eigenvalue weighted by Gasteiger charge is 2.42. The van der Waals surface area contributed by atoms with Gasteiger partial charge < -0.3 is 18.9 Å². The lowest BCUT2D eigenvalue weighted by molar-refractivity contribution is -0.264. The maximum absolute atomic E-state index is 6.31. The van der Waals surface area contributed by atoms with Gasteiger partial charge in [-0.2, -0.15) is 0 Å². The molecular formula is C20H40O4. The van der Waals surface area contributed by atoms with Gasteiger partial charge in [-0.1, -0.05) is 59.3 Å². The molecule has 0 aliphatic carbocycles. The number of unbranched alkanes of at least 4 members (excludes halogenated alkanes) is 4. The highest BCUT2D eigenvalue weighted by Crippen LogP contribution is 2.36. The predicted molar refractivity (Wildman–Crippen MR) is 98.3 cm³/mol. The van der Waals surface area contributed by atoms with Crippen LogP contribution < -0.4 is 0 Å². The van der Waals surface area contributed by atoms with Crippen LogP contribution in [0, 0.1) is 5.92 Å². The van der Waals surface area contributed by atoms with Gasteiger partial charge in [-0.25, -0.2) is 0 Å². The number of hydrogen-bond acceptors (Lipinski definition) is 4. The maximum Gasteiger partial charge on any atom is 0.172 e. The molecule has 0 N–H and O–H groups in total. The minimum atomic E-state index is -0.547. The molecule has 3 unspecified atom stereocenters. The Morgan fingerprint density at radius 1 is 0.958 bits per heavy atom. The van der Waals surface area contributed by atoms with E-state index >= 15 is 0 Å². The van der Waals surface area contributed by atoms with Crippen LogP contribution in [0.4, 0.5) is 0 Å². The zero-order chi connectivity index (χ0) is 17.8. The van der Waals surface area contributed by atoms with Crippen molar-refractivity contribution in [1.29, 1.82) is 0 Å². The van der Waals surface area contributed by atoms with Crippen molar-refractivity contribution >= 4 is 0 Å². The fourth-order valence-corrected chi connectivity index (χ4v) is 3.68. The number of rotatable bonds is 16. The second-order valence-electron chi connectivity index (χ2n) is 7.00. The molecule has 1 aliphatic heterocycles. The van der Waals surface area contributed by atoms with Gasteiger partial charge in [0.2, 0.25) is 0 Å². The third-order valence-corrected chi connectivity index (χ3v) is 5.29. The number of methoxy groups -OCH3 is 2. The van der Waals surface area contributed by atoms with E-state index < -0.39 is 5.79 Å². The lowest BCUT2D eigenvalue weighted by Gasteiger charge is -2.41. The summed E-state index contributed by atoms with van der Waals surface area (Å²) in [5.41, 5.74) is 0. The van der Waals surface area contributed by atoms with E-state index in [4.69, 9.17) is 18.9 Å². The first-order valence-electron chi connectivity index (χ1n) is 10.0. The molecule has 3 atom stereocenters. The average Bonchev–Trinajstić information content (AvgIpc) is 3.43. The summed E-state index contributed by atoms with van der Waals surface area (Å²) in [5, 5.41) is 0. The van der Waals surface area contributed by atoms with Crippen LogP contribution >= 0.6 is 0 Å². The molecular weight excluding hydrogens is 304 g/mol. The normalized spacial score (nSPS) is 20.1. The van der Waals surface area contributed by atoms with Crippen LogP contribution in [0.5, 0.6) is 0 Å². The van der Waals surface area contributed by atoms with Crippen LogP contribution in [0.15, 0.2) is 0 Å². The Labute approximate surface area is 149 Å². The summed E-state index contributed by atoms with van der Waals surface area (Å²) in [4.78, 5) is 0. The molecule has 4 heteroatoms. The van der Waals surface area contributed by atoms with Crippen LogP contribution in [0.3, 0.4) is 0 Å². The van der Waals surface area contributed by atoms with Gasteiger partial charge in [-0.15, -0.1) is 0 Å². The third-order valence-electron chi connectivity index (χ3n) is 5.29. The van der Waals surface area contributed by atoms with E-state index in [1.807, 2.05) is 0 Å². The highest BCUT2D eigenvalue weighted by molar-refractivity contribution is 4.85. The summed E-state index contributed by atoms with van der Waals surface area (Å²) in [6, 6.07) is 0. The van der Waals surface area contributed by atoms with Crippen LogP contribution in [-0.2, 0) is 18.9 Å². The van der Waals surface area contributed by atoms with Gasteiger partial charge in [-0.05, 0) is 19.3 Å². The van der Waals surface area contributed by atoms with Crippen LogP contribution in [0.1, 0.15) is 78.6 Å². The van der Waals surface area contributed by atoms with Crippen molar-refractivity contribution < 1.29 is 18.9 Å². The van der Waals surface area contributed by atoms with Gasteiger partial charge in [0.25, 0.3) is 0 Å². The Hall–Kier alpha value is -0.160. The average molecular weight is 345 g/mol. The van der Waals surface area contributed by atoms with E-state index in [1.165, 1.54) is 32.1 Å². The molecule has 0 radical (unpaired) electrons. The summed E-state index contributed by atoms with van der Waals surface area (Å²) in [6.45, 7) is 8.16. The molecule has 0 aromatic rings. The van der Waals surface area contributed by atoms with Crippen LogP contribution in [0.2, 0.25) is 0 Å². The number of epoxide rings is 1. The van der Waals surface area contributed by atoms with Crippen molar-refractivity contribution in [2.45, 2.75) is 96.6 Å². The second kappa shape index (κ2) is 12.2. The molecule has 0 aromatic heterocycles. The molecule has 4 nitrogen and oxygen atoms in total. The van der Waals surface area contributed by atoms with Crippen molar-refractivity contribution in [3.05, 3.63) is 0 Å². The van der Waals surface area contributed by atoms with Crippen molar-refractivity contribution in [1.82, 2.24) is 0 Å². The first kappa shape index (κ1) is 21.9. The van der Waals surface area contributed by atoms with E-state index in [1.54, 1.807) is 14.2 Å². The van der Waals surface area contributed by atoms with Crippen molar-refractivity contribution in [2.24, 2.45) is 5.92 Å². The zero-order valence-corrected chi connectivity index (χ0v) is 16.6. The minimum absolute atomic E-state index is 0.177. The topological polar surface area (TPSA) is 40.2 Å². The van der Waals surface area contributed by atoms with Gasteiger partial charge in [0.05, 0.1) is 19.3 Å². The van der Waals surface area contributed by atoms with Crippen molar-refractivity contribution in [3.8, 4) is 0 Å².